The van der Waals surface area contributed by atoms with Crippen LogP contribution >= 0.6 is 0 Å². The summed E-state index contributed by atoms with van der Waals surface area (Å²) < 4.78 is 13.5. The third kappa shape index (κ3) is 6.44. The van der Waals surface area contributed by atoms with Crippen LogP contribution in [0.3, 0.4) is 0 Å². The molecule has 0 bridgehead atoms. The van der Waals surface area contributed by atoms with E-state index in [4.69, 9.17) is 0 Å². The SMILES string of the molecule is CN=C(NCCc1cccc(C(=O)N(C)C)c1)NC1CCN(c2cccc(F)c2)CC1. The van der Waals surface area contributed by atoms with Crippen molar-refractivity contribution >= 4 is 17.6 Å². The summed E-state index contributed by atoms with van der Waals surface area (Å²) in [5, 5.41) is 6.86. The zero-order chi connectivity index (χ0) is 22.2. The highest BCUT2D eigenvalue weighted by molar-refractivity contribution is 5.94. The van der Waals surface area contributed by atoms with Gasteiger partial charge in [0.05, 0.1) is 0 Å². The highest BCUT2D eigenvalue weighted by Gasteiger charge is 2.20. The van der Waals surface area contributed by atoms with Crippen molar-refractivity contribution in [1.82, 2.24) is 15.5 Å². The Morgan fingerprint density at radius 2 is 1.90 bits per heavy atom. The van der Waals surface area contributed by atoms with Gasteiger partial charge in [-0.3, -0.25) is 9.79 Å². The minimum Gasteiger partial charge on any atom is -0.371 e. The van der Waals surface area contributed by atoms with E-state index in [2.05, 4.69) is 20.5 Å². The summed E-state index contributed by atoms with van der Waals surface area (Å²) >= 11 is 0. The van der Waals surface area contributed by atoms with Crippen LogP contribution in [-0.4, -0.2) is 63.6 Å². The average Bonchev–Trinajstić information content (AvgIpc) is 2.78. The zero-order valence-corrected chi connectivity index (χ0v) is 18.6. The molecule has 3 rings (SSSR count). The number of guanidine groups is 1. The van der Waals surface area contributed by atoms with Crippen molar-refractivity contribution in [3.05, 3.63) is 65.5 Å². The molecule has 0 aromatic heterocycles. The smallest absolute Gasteiger partial charge is 0.253 e. The molecule has 0 spiro atoms. The minimum absolute atomic E-state index is 0.0110. The fourth-order valence-electron chi connectivity index (χ4n) is 3.79. The van der Waals surface area contributed by atoms with Gasteiger partial charge in [-0.1, -0.05) is 18.2 Å². The van der Waals surface area contributed by atoms with Crippen LogP contribution in [0.2, 0.25) is 0 Å². The van der Waals surface area contributed by atoms with Gasteiger partial charge in [0.25, 0.3) is 5.91 Å². The molecule has 1 aliphatic rings. The average molecular weight is 426 g/mol. The van der Waals surface area contributed by atoms with Crippen molar-refractivity contribution in [2.75, 3.05) is 45.7 Å². The van der Waals surface area contributed by atoms with Gasteiger partial charge in [0.2, 0.25) is 0 Å². The molecule has 7 heteroatoms. The first-order valence-electron chi connectivity index (χ1n) is 10.7. The number of carbonyl (C=O) groups excluding carboxylic acids is 1. The van der Waals surface area contributed by atoms with E-state index in [0.29, 0.717) is 11.6 Å². The van der Waals surface area contributed by atoms with Crippen LogP contribution < -0.4 is 15.5 Å². The first kappa shape index (κ1) is 22.6. The molecular weight excluding hydrogens is 393 g/mol. The molecule has 6 nitrogen and oxygen atoms in total. The molecule has 31 heavy (non-hydrogen) atoms. The summed E-state index contributed by atoms with van der Waals surface area (Å²) in [6.45, 7) is 2.48. The minimum atomic E-state index is -0.195. The van der Waals surface area contributed by atoms with Crippen LogP contribution in [0.25, 0.3) is 0 Å². The normalized spacial score (nSPS) is 15.0. The van der Waals surface area contributed by atoms with Gasteiger partial charge < -0.3 is 20.4 Å². The number of halogens is 1. The van der Waals surface area contributed by atoms with E-state index in [1.54, 1.807) is 38.2 Å². The van der Waals surface area contributed by atoms with E-state index in [1.165, 1.54) is 6.07 Å². The first-order chi connectivity index (χ1) is 15.0. The standard InChI is InChI=1S/C24H32FN5O/c1-26-24(27-13-10-18-6-4-7-19(16-18)23(31)29(2)3)28-21-11-14-30(15-12-21)22-9-5-8-20(25)17-22/h4-9,16-17,21H,10-15H2,1-3H3,(H2,26,27,28). The molecule has 166 valence electrons. The number of hydrogen-bond acceptors (Lipinski definition) is 3. The van der Waals surface area contributed by atoms with Crippen molar-refractivity contribution in [3.63, 3.8) is 0 Å². The second-order valence-corrected chi connectivity index (χ2v) is 8.03. The number of amides is 1. The monoisotopic (exact) mass is 425 g/mol. The predicted molar refractivity (Wildman–Crippen MR) is 124 cm³/mol. The van der Waals surface area contributed by atoms with E-state index in [9.17, 15) is 9.18 Å². The van der Waals surface area contributed by atoms with Crippen LogP contribution in [0.5, 0.6) is 0 Å². The molecule has 1 aliphatic heterocycles. The summed E-state index contributed by atoms with van der Waals surface area (Å²) in [5.74, 6) is 0.598. The van der Waals surface area contributed by atoms with E-state index in [1.807, 2.05) is 30.3 Å². The number of piperidine rings is 1. The predicted octanol–water partition coefficient (Wildman–Crippen LogP) is 2.90. The van der Waals surface area contributed by atoms with Crippen molar-refractivity contribution < 1.29 is 9.18 Å². The zero-order valence-electron chi connectivity index (χ0n) is 18.6. The van der Waals surface area contributed by atoms with Crippen LogP contribution in [0.4, 0.5) is 10.1 Å². The fraction of sp³-hybridized carbons (Fsp3) is 0.417. The summed E-state index contributed by atoms with van der Waals surface area (Å²) in [5.41, 5.74) is 2.75. The molecule has 1 heterocycles. The molecule has 2 N–H and O–H groups in total. The number of hydrogen-bond donors (Lipinski definition) is 2. The number of rotatable bonds is 6. The molecule has 0 radical (unpaired) electrons. The molecule has 1 fully saturated rings. The molecule has 0 atom stereocenters. The van der Waals surface area contributed by atoms with Crippen molar-refractivity contribution in [1.29, 1.82) is 0 Å². The lowest BCUT2D eigenvalue weighted by molar-refractivity contribution is 0.0827. The van der Waals surface area contributed by atoms with Gasteiger partial charge in [-0.05, 0) is 55.2 Å². The molecule has 0 saturated carbocycles. The summed E-state index contributed by atoms with van der Waals surface area (Å²) in [6.07, 6.45) is 2.73. The Kier molecular flexibility index (Phi) is 7.87. The topological polar surface area (TPSA) is 60.0 Å². The van der Waals surface area contributed by atoms with E-state index >= 15 is 0 Å². The Labute approximate surface area is 184 Å². The van der Waals surface area contributed by atoms with Gasteiger partial charge in [-0.25, -0.2) is 4.39 Å². The molecule has 1 saturated heterocycles. The molecular formula is C24H32FN5O. The summed E-state index contributed by atoms with van der Waals surface area (Å²) in [7, 11) is 5.29. The van der Waals surface area contributed by atoms with Crippen LogP contribution in [0.1, 0.15) is 28.8 Å². The lowest BCUT2D eigenvalue weighted by Crippen LogP contribution is -2.49. The largest absolute Gasteiger partial charge is 0.371 e. The molecule has 0 aliphatic carbocycles. The quantitative estimate of drug-likeness (QED) is 0.552. The number of anilines is 1. The first-order valence-corrected chi connectivity index (χ1v) is 10.7. The second-order valence-electron chi connectivity index (χ2n) is 8.03. The van der Waals surface area contributed by atoms with Crippen LogP contribution in [-0.2, 0) is 6.42 Å². The third-order valence-electron chi connectivity index (χ3n) is 5.52. The van der Waals surface area contributed by atoms with Gasteiger partial charge in [-0.15, -0.1) is 0 Å². The molecule has 1 amide bonds. The molecule has 0 unspecified atom stereocenters. The van der Waals surface area contributed by atoms with Crippen molar-refractivity contribution in [2.24, 2.45) is 4.99 Å². The Bertz CT molecular complexity index is 906. The summed E-state index contributed by atoms with van der Waals surface area (Å²) in [4.78, 5) is 20.3. The molecule has 2 aromatic rings. The van der Waals surface area contributed by atoms with Gasteiger partial charge in [0.1, 0.15) is 5.82 Å². The summed E-state index contributed by atoms with van der Waals surface area (Å²) in [6, 6.07) is 14.9. The number of nitrogens with one attached hydrogen (secondary N) is 2. The van der Waals surface area contributed by atoms with Gasteiger partial charge in [-0.2, -0.15) is 0 Å². The highest BCUT2D eigenvalue weighted by Crippen LogP contribution is 2.20. The van der Waals surface area contributed by atoms with Gasteiger partial charge in [0, 0.05) is 58.1 Å². The number of aliphatic imine (C=N–C) groups is 1. The van der Waals surface area contributed by atoms with Crippen LogP contribution in [0.15, 0.2) is 53.5 Å². The maximum atomic E-state index is 13.5. The third-order valence-corrected chi connectivity index (χ3v) is 5.52. The molecule has 2 aromatic carbocycles. The Balaban J connectivity index is 1.44. The van der Waals surface area contributed by atoms with E-state index in [-0.39, 0.29) is 11.7 Å². The van der Waals surface area contributed by atoms with E-state index < -0.39 is 0 Å². The number of benzene rings is 2. The van der Waals surface area contributed by atoms with Crippen molar-refractivity contribution in [2.45, 2.75) is 25.3 Å². The lowest BCUT2D eigenvalue weighted by atomic mass is 10.0. The Hall–Kier alpha value is -3.09. The lowest BCUT2D eigenvalue weighted by Gasteiger charge is -2.34. The Morgan fingerprint density at radius 3 is 2.58 bits per heavy atom. The maximum absolute atomic E-state index is 13.5. The second kappa shape index (κ2) is 10.8. The van der Waals surface area contributed by atoms with E-state index in [0.717, 1.165) is 56.1 Å². The van der Waals surface area contributed by atoms with Crippen molar-refractivity contribution in [3.8, 4) is 0 Å². The Morgan fingerprint density at radius 1 is 1.16 bits per heavy atom. The van der Waals surface area contributed by atoms with Gasteiger partial charge in [0.15, 0.2) is 5.96 Å². The maximum Gasteiger partial charge on any atom is 0.253 e. The highest BCUT2D eigenvalue weighted by atomic mass is 19.1. The van der Waals surface area contributed by atoms with Gasteiger partial charge >= 0.3 is 0 Å². The number of carbonyl (C=O) groups is 1. The number of nitrogens with zero attached hydrogens (tertiary/aromatic N) is 3. The fourth-order valence-corrected chi connectivity index (χ4v) is 3.79. The van der Waals surface area contributed by atoms with Crippen LogP contribution in [0, 0.1) is 5.82 Å².